The molecule has 1 aromatic heterocycles. The highest BCUT2D eigenvalue weighted by Gasteiger charge is 2.22. The van der Waals surface area contributed by atoms with Crippen molar-refractivity contribution in [3.05, 3.63) is 30.1 Å². The lowest BCUT2D eigenvalue weighted by Gasteiger charge is -2.29. The molecule has 0 spiro atoms. The van der Waals surface area contributed by atoms with E-state index in [1.54, 1.807) is 6.20 Å². The van der Waals surface area contributed by atoms with Gasteiger partial charge in [0.25, 0.3) is 0 Å². The van der Waals surface area contributed by atoms with Crippen LogP contribution in [0.3, 0.4) is 0 Å². The van der Waals surface area contributed by atoms with Gasteiger partial charge < -0.3 is 10.2 Å². The molecule has 116 valence electrons. The molecule has 0 radical (unpaired) electrons. The highest BCUT2D eigenvalue weighted by molar-refractivity contribution is 5.74. The van der Waals surface area contributed by atoms with Crippen molar-refractivity contribution in [2.75, 3.05) is 13.1 Å². The lowest BCUT2D eigenvalue weighted by molar-refractivity contribution is 0.184. The van der Waals surface area contributed by atoms with Gasteiger partial charge in [0.2, 0.25) is 0 Å². The summed E-state index contributed by atoms with van der Waals surface area (Å²) in [5, 5.41) is 3.20. The monoisotopic (exact) mass is 289 g/mol. The first-order valence-corrected chi connectivity index (χ1v) is 8.14. The Labute approximate surface area is 127 Å². The van der Waals surface area contributed by atoms with Crippen LogP contribution in [0.1, 0.15) is 57.6 Å². The number of nitrogens with zero attached hydrogens (tertiary/aromatic N) is 2. The molecule has 1 fully saturated rings. The first-order valence-electron chi connectivity index (χ1n) is 8.14. The van der Waals surface area contributed by atoms with Crippen molar-refractivity contribution >= 4 is 6.03 Å². The predicted octanol–water partition coefficient (Wildman–Crippen LogP) is 3.75. The van der Waals surface area contributed by atoms with Gasteiger partial charge in [-0.25, -0.2) is 4.79 Å². The van der Waals surface area contributed by atoms with Gasteiger partial charge in [0.15, 0.2) is 0 Å². The van der Waals surface area contributed by atoms with E-state index in [0.29, 0.717) is 5.92 Å². The Balaban J connectivity index is 2.00. The van der Waals surface area contributed by atoms with Crippen molar-refractivity contribution in [3.63, 3.8) is 0 Å². The van der Waals surface area contributed by atoms with E-state index in [-0.39, 0.29) is 12.1 Å². The molecule has 1 saturated heterocycles. The molecular weight excluding hydrogens is 262 g/mol. The average molecular weight is 289 g/mol. The number of pyridine rings is 1. The highest BCUT2D eigenvalue weighted by Crippen LogP contribution is 2.21. The summed E-state index contributed by atoms with van der Waals surface area (Å²) in [6.07, 6.45) is 9.62. The lowest BCUT2D eigenvalue weighted by atomic mass is 9.97. The number of carbonyl (C=O) groups excluding carboxylic acids is 1. The van der Waals surface area contributed by atoms with E-state index in [9.17, 15) is 4.79 Å². The van der Waals surface area contributed by atoms with E-state index in [4.69, 9.17) is 0 Å². The van der Waals surface area contributed by atoms with Crippen molar-refractivity contribution in [2.24, 2.45) is 5.92 Å². The molecule has 1 N–H and O–H groups in total. The number of urea groups is 1. The molecule has 1 atom stereocenters. The Hall–Kier alpha value is -1.58. The zero-order valence-electron chi connectivity index (χ0n) is 13.2. The first kappa shape index (κ1) is 15.8. The van der Waals surface area contributed by atoms with Crippen LogP contribution >= 0.6 is 0 Å². The molecular formula is C17H27N3O. The zero-order valence-corrected chi connectivity index (χ0v) is 13.2. The predicted molar refractivity (Wildman–Crippen MR) is 85.0 cm³/mol. The number of hydrogen-bond acceptors (Lipinski definition) is 2. The second-order valence-corrected chi connectivity index (χ2v) is 6.21. The van der Waals surface area contributed by atoms with E-state index in [1.165, 1.54) is 19.3 Å². The van der Waals surface area contributed by atoms with Gasteiger partial charge in [-0.1, -0.05) is 39.2 Å². The minimum absolute atomic E-state index is 0.0247. The molecule has 1 aromatic rings. The van der Waals surface area contributed by atoms with E-state index in [2.05, 4.69) is 24.1 Å². The second-order valence-electron chi connectivity index (χ2n) is 6.21. The van der Waals surface area contributed by atoms with Crippen molar-refractivity contribution in [1.82, 2.24) is 15.2 Å². The fourth-order valence-electron chi connectivity index (χ4n) is 2.87. The molecule has 4 nitrogen and oxygen atoms in total. The molecule has 0 unspecified atom stereocenters. The summed E-state index contributed by atoms with van der Waals surface area (Å²) >= 11 is 0. The fraction of sp³-hybridized carbons (Fsp3) is 0.647. The van der Waals surface area contributed by atoms with E-state index >= 15 is 0 Å². The Morgan fingerprint density at radius 3 is 2.43 bits per heavy atom. The molecule has 1 aliphatic rings. The lowest BCUT2D eigenvalue weighted by Crippen LogP contribution is -2.44. The maximum Gasteiger partial charge on any atom is 0.317 e. The summed E-state index contributed by atoms with van der Waals surface area (Å²) in [5.74, 6) is 0.341. The molecule has 2 amide bonds. The molecule has 0 aromatic carbocycles. The van der Waals surface area contributed by atoms with Crippen LogP contribution in [-0.2, 0) is 0 Å². The minimum atomic E-state index is 0.0247. The quantitative estimate of drug-likeness (QED) is 0.921. The third-order valence-corrected chi connectivity index (χ3v) is 4.13. The molecule has 21 heavy (non-hydrogen) atoms. The van der Waals surface area contributed by atoms with E-state index in [0.717, 1.165) is 31.5 Å². The molecule has 2 rings (SSSR count). The maximum atomic E-state index is 12.5. The number of rotatable bonds is 3. The van der Waals surface area contributed by atoms with Crippen molar-refractivity contribution in [2.45, 2.75) is 52.0 Å². The highest BCUT2D eigenvalue weighted by atomic mass is 16.2. The maximum absolute atomic E-state index is 12.5. The summed E-state index contributed by atoms with van der Waals surface area (Å²) in [4.78, 5) is 18.7. The topological polar surface area (TPSA) is 45.2 Å². The molecule has 1 aliphatic heterocycles. The summed E-state index contributed by atoms with van der Waals surface area (Å²) in [7, 11) is 0. The van der Waals surface area contributed by atoms with Crippen molar-refractivity contribution in [3.8, 4) is 0 Å². The molecule has 0 bridgehead atoms. The van der Waals surface area contributed by atoms with Gasteiger partial charge in [-0.15, -0.1) is 0 Å². The van der Waals surface area contributed by atoms with E-state index < -0.39 is 0 Å². The van der Waals surface area contributed by atoms with Gasteiger partial charge in [0, 0.05) is 25.5 Å². The van der Waals surface area contributed by atoms with Gasteiger partial charge >= 0.3 is 6.03 Å². The average Bonchev–Trinajstić information content (AvgIpc) is 2.44. The normalized spacial score (nSPS) is 18.0. The number of amides is 2. The second kappa shape index (κ2) is 8.01. The number of carbonyl (C=O) groups is 1. The minimum Gasteiger partial charge on any atom is -0.331 e. The van der Waals surface area contributed by atoms with Crippen LogP contribution in [0.2, 0.25) is 0 Å². The number of nitrogens with one attached hydrogen (secondary N) is 1. The Bertz CT molecular complexity index is 425. The Kier molecular flexibility index (Phi) is 6.03. The standard InChI is InChI=1S/C17H27N3O/c1-14(2)16(15-9-8-10-18-13-15)19-17(21)20-11-6-4-3-5-7-12-20/h8-10,13-14,16H,3-7,11-12H2,1-2H3,(H,19,21)/t16-/m0/s1. The Morgan fingerprint density at radius 2 is 1.86 bits per heavy atom. The van der Waals surface area contributed by atoms with Gasteiger partial charge in [-0.05, 0) is 30.4 Å². The SMILES string of the molecule is CC(C)[C@H](NC(=O)N1CCCCCCC1)c1cccnc1. The van der Waals surface area contributed by atoms with Crippen LogP contribution in [0.15, 0.2) is 24.5 Å². The number of hydrogen-bond donors (Lipinski definition) is 1. The summed E-state index contributed by atoms with van der Waals surface area (Å²) < 4.78 is 0. The summed E-state index contributed by atoms with van der Waals surface area (Å²) in [6.45, 7) is 6.02. The third kappa shape index (κ3) is 4.73. The molecule has 2 heterocycles. The molecule has 0 saturated carbocycles. The van der Waals surface area contributed by atoms with Crippen LogP contribution in [0, 0.1) is 5.92 Å². The molecule has 0 aliphatic carbocycles. The first-order chi connectivity index (χ1) is 10.2. The Morgan fingerprint density at radius 1 is 1.19 bits per heavy atom. The van der Waals surface area contributed by atoms with Crippen LogP contribution in [0.5, 0.6) is 0 Å². The van der Waals surface area contributed by atoms with Crippen LogP contribution in [0.25, 0.3) is 0 Å². The van der Waals surface area contributed by atoms with Crippen molar-refractivity contribution < 1.29 is 4.79 Å². The van der Waals surface area contributed by atoms with Crippen LogP contribution in [0.4, 0.5) is 4.79 Å². The van der Waals surface area contributed by atoms with Crippen LogP contribution < -0.4 is 5.32 Å². The van der Waals surface area contributed by atoms with Gasteiger partial charge in [0.1, 0.15) is 0 Å². The van der Waals surface area contributed by atoms with E-state index in [1.807, 2.05) is 23.2 Å². The zero-order chi connectivity index (χ0) is 15.1. The van der Waals surface area contributed by atoms with Crippen LogP contribution in [-0.4, -0.2) is 29.0 Å². The fourth-order valence-corrected chi connectivity index (χ4v) is 2.87. The summed E-state index contributed by atoms with van der Waals surface area (Å²) in [6, 6.07) is 4.05. The van der Waals surface area contributed by atoms with Crippen molar-refractivity contribution in [1.29, 1.82) is 0 Å². The van der Waals surface area contributed by atoms with Gasteiger partial charge in [-0.3, -0.25) is 4.98 Å². The molecule has 4 heteroatoms. The third-order valence-electron chi connectivity index (χ3n) is 4.13. The largest absolute Gasteiger partial charge is 0.331 e. The number of likely N-dealkylation sites (tertiary alicyclic amines) is 1. The van der Waals surface area contributed by atoms with Gasteiger partial charge in [-0.2, -0.15) is 0 Å². The smallest absolute Gasteiger partial charge is 0.317 e. The number of aromatic nitrogens is 1. The van der Waals surface area contributed by atoms with Gasteiger partial charge in [0.05, 0.1) is 6.04 Å². The summed E-state index contributed by atoms with van der Waals surface area (Å²) in [5.41, 5.74) is 1.08.